The Kier molecular flexibility index (Phi) is 2.72. The Morgan fingerprint density at radius 1 is 1.44 bits per heavy atom. The van der Waals surface area contributed by atoms with Crippen LogP contribution in [-0.2, 0) is 4.74 Å². The van der Waals surface area contributed by atoms with Crippen molar-refractivity contribution in [1.29, 1.82) is 0 Å². The Bertz CT molecular complexity index is 516. The number of hydrogen-bond donors (Lipinski definition) is 0. The van der Waals surface area contributed by atoms with Gasteiger partial charge in [-0.3, -0.25) is 0 Å². The number of carbonyl (C=O) groups is 1. The first-order chi connectivity index (χ1) is 7.70. The second-order valence-corrected chi connectivity index (χ2v) is 3.32. The van der Waals surface area contributed by atoms with E-state index >= 15 is 0 Å². The van der Waals surface area contributed by atoms with E-state index in [9.17, 15) is 4.79 Å². The number of hydrogen-bond acceptors (Lipinski definition) is 4. The number of aryl methyl sites for hydroxylation is 1. The molecule has 1 heterocycles. The van der Waals surface area contributed by atoms with Gasteiger partial charge in [0.15, 0.2) is 5.89 Å². The molecule has 1 aromatic heterocycles. The molecule has 16 heavy (non-hydrogen) atoms. The highest BCUT2D eigenvalue weighted by Gasteiger charge is 2.08. The molecule has 0 aliphatic carbocycles. The van der Waals surface area contributed by atoms with Gasteiger partial charge in [0.25, 0.3) is 0 Å². The molecule has 0 atom stereocenters. The van der Waals surface area contributed by atoms with Gasteiger partial charge in [0.05, 0.1) is 12.7 Å². The number of ether oxygens (including phenoxy) is 1. The van der Waals surface area contributed by atoms with Crippen molar-refractivity contribution in [3.63, 3.8) is 0 Å². The van der Waals surface area contributed by atoms with Gasteiger partial charge in [-0.1, -0.05) is 12.1 Å². The Balaban J connectivity index is 2.39. The molecule has 82 valence electrons. The number of oxazole rings is 1. The van der Waals surface area contributed by atoms with Gasteiger partial charge in [-0.05, 0) is 12.1 Å². The molecule has 0 N–H and O–H groups in total. The van der Waals surface area contributed by atoms with Crippen LogP contribution in [0.25, 0.3) is 11.3 Å². The minimum atomic E-state index is -0.359. The summed E-state index contributed by atoms with van der Waals surface area (Å²) in [5.74, 6) is 0.237. The first kappa shape index (κ1) is 10.4. The van der Waals surface area contributed by atoms with Crippen LogP contribution < -0.4 is 0 Å². The van der Waals surface area contributed by atoms with Crippen molar-refractivity contribution < 1.29 is 13.9 Å². The normalized spacial score (nSPS) is 10.1. The second kappa shape index (κ2) is 4.18. The molecule has 2 rings (SSSR count). The van der Waals surface area contributed by atoms with E-state index in [1.807, 2.05) is 6.07 Å². The summed E-state index contributed by atoms with van der Waals surface area (Å²) in [5, 5.41) is 0. The third-order valence-corrected chi connectivity index (χ3v) is 2.20. The van der Waals surface area contributed by atoms with Gasteiger partial charge >= 0.3 is 5.97 Å². The highest BCUT2D eigenvalue weighted by Crippen LogP contribution is 2.19. The van der Waals surface area contributed by atoms with Crippen molar-refractivity contribution in [1.82, 2.24) is 4.98 Å². The van der Waals surface area contributed by atoms with Crippen LogP contribution in [0.4, 0.5) is 0 Å². The van der Waals surface area contributed by atoms with Crippen LogP contribution >= 0.6 is 0 Å². The van der Waals surface area contributed by atoms with Gasteiger partial charge in [0.1, 0.15) is 12.0 Å². The van der Waals surface area contributed by atoms with Crippen LogP contribution in [-0.4, -0.2) is 18.1 Å². The zero-order valence-corrected chi connectivity index (χ0v) is 9.06. The lowest BCUT2D eigenvalue weighted by molar-refractivity contribution is 0.0601. The van der Waals surface area contributed by atoms with Crippen LogP contribution in [0.5, 0.6) is 0 Å². The highest BCUT2D eigenvalue weighted by molar-refractivity contribution is 5.90. The smallest absolute Gasteiger partial charge is 0.337 e. The lowest BCUT2D eigenvalue weighted by Gasteiger charge is -2.00. The number of rotatable bonds is 2. The number of methoxy groups -OCH3 is 1. The van der Waals surface area contributed by atoms with Gasteiger partial charge < -0.3 is 9.15 Å². The highest BCUT2D eigenvalue weighted by atomic mass is 16.5. The Morgan fingerprint density at radius 2 is 2.25 bits per heavy atom. The second-order valence-electron chi connectivity index (χ2n) is 3.32. The average molecular weight is 217 g/mol. The summed E-state index contributed by atoms with van der Waals surface area (Å²) in [4.78, 5) is 15.5. The third kappa shape index (κ3) is 1.95. The van der Waals surface area contributed by atoms with Crippen molar-refractivity contribution in [3.8, 4) is 11.3 Å². The number of esters is 1. The summed E-state index contributed by atoms with van der Waals surface area (Å²) < 4.78 is 9.77. The molecule has 1 aromatic carbocycles. The molecular weight excluding hydrogens is 206 g/mol. The Morgan fingerprint density at radius 3 is 2.88 bits per heavy atom. The fourth-order valence-electron chi connectivity index (χ4n) is 1.42. The fourth-order valence-corrected chi connectivity index (χ4v) is 1.42. The molecule has 0 fully saturated rings. The molecule has 0 radical (unpaired) electrons. The van der Waals surface area contributed by atoms with Crippen molar-refractivity contribution in [3.05, 3.63) is 42.0 Å². The van der Waals surface area contributed by atoms with Crippen molar-refractivity contribution in [2.45, 2.75) is 6.92 Å². The number of carbonyl (C=O) groups excluding carboxylic acids is 1. The lowest BCUT2D eigenvalue weighted by Crippen LogP contribution is -2.00. The summed E-state index contributed by atoms with van der Waals surface area (Å²) in [5.41, 5.74) is 2.05. The molecule has 0 bridgehead atoms. The molecule has 0 spiro atoms. The monoisotopic (exact) mass is 217 g/mol. The average Bonchev–Trinajstić information content (AvgIpc) is 2.75. The number of aromatic nitrogens is 1. The van der Waals surface area contributed by atoms with Crippen LogP contribution in [0, 0.1) is 6.92 Å². The van der Waals surface area contributed by atoms with E-state index in [2.05, 4.69) is 9.72 Å². The van der Waals surface area contributed by atoms with E-state index in [-0.39, 0.29) is 5.97 Å². The summed E-state index contributed by atoms with van der Waals surface area (Å²) in [6.07, 6.45) is 1.56. The van der Waals surface area contributed by atoms with Crippen molar-refractivity contribution in [2.75, 3.05) is 7.11 Å². The quantitative estimate of drug-likeness (QED) is 0.725. The minimum Gasteiger partial charge on any atom is -0.465 e. The third-order valence-electron chi connectivity index (χ3n) is 2.20. The fraction of sp³-hybridized carbons (Fsp3) is 0.167. The van der Waals surface area contributed by atoms with Crippen LogP contribution in [0.2, 0.25) is 0 Å². The first-order valence-electron chi connectivity index (χ1n) is 4.81. The summed E-state index contributed by atoms with van der Waals surface area (Å²) >= 11 is 0. The summed E-state index contributed by atoms with van der Waals surface area (Å²) in [7, 11) is 1.36. The maximum absolute atomic E-state index is 11.3. The van der Waals surface area contributed by atoms with E-state index in [0.29, 0.717) is 17.1 Å². The molecule has 0 amide bonds. The van der Waals surface area contributed by atoms with Gasteiger partial charge in [-0.2, -0.15) is 0 Å². The molecule has 4 nitrogen and oxygen atoms in total. The number of benzene rings is 1. The largest absolute Gasteiger partial charge is 0.465 e. The van der Waals surface area contributed by atoms with Crippen molar-refractivity contribution >= 4 is 5.97 Å². The summed E-state index contributed by atoms with van der Waals surface area (Å²) in [6.45, 7) is 1.77. The van der Waals surface area contributed by atoms with Crippen molar-refractivity contribution in [2.24, 2.45) is 0 Å². The molecular formula is C12H11NO3. The van der Waals surface area contributed by atoms with Crippen LogP contribution in [0.3, 0.4) is 0 Å². The van der Waals surface area contributed by atoms with Crippen LogP contribution in [0.1, 0.15) is 16.2 Å². The maximum Gasteiger partial charge on any atom is 0.337 e. The standard InChI is InChI=1S/C12H11NO3/c1-8-13-11(7-16-8)9-4-3-5-10(6-9)12(14)15-2/h3-7H,1-2H3. The van der Waals surface area contributed by atoms with Gasteiger partial charge in [-0.25, -0.2) is 9.78 Å². The predicted octanol–water partition coefficient (Wildman–Crippen LogP) is 2.44. The SMILES string of the molecule is COC(=O)c1cccc(-c2coc(C)n2)c1. The molecule has 0 unspecified atom stereocenters. The molecule has 0 saturated heterocycles. The van der Waals surface area contributed by atoms with Gasteiger partial charge in [-0.15, -0.1) is 0 Å². The van der Waals surface area contributed by atoms with E-state index in [4.69, 9.17) is 4.42 Å². The molecule has 0 aliphatic heterocycles. The summed E-state index contributed by atoms with van der Waals surface area (Å²) in [6, 6.07) is 7.07. The first-order valence-corrected chi connectivity index (χ1v) is 4.81. The molecule has 0 saturated carbocycles. The Labute approximate surface area is 92.9 Å². The van der Waals surface area contributed by atoms with E-state index < -0.39 is 0 Å². The minimum absolute atomic E-state index is 0.359. The number of nitrogens with zero attached hydrogens (tertiary/aromatic N) is 1. The topological polar surface area (TPSA) is 52.3 Å². The molecule has 4 heteroatoms. The molecule has 0 aliphatic rings. The predicted molar refractivity (Wildman–Crippen MR) is 58.0 cm³/mol. The maximum atomic E-state index is 11.3. The van der Waals surface area contributed by atoms with Crippen LogP contribution in [0.15, 0.2) is 34.9 Å². The lowest BCUT2D eigenvalue weighted by atomic mass is 10.1. The zero-order valence-electron chi connectivity index (χ0n) is 9.06. The zero-order chi connectivity index (χ0) is 11.5. The van der Waals surface area contributed by atoms with E-state index in [1.54, 1.807) is 31.4 Å². The van der Waals surface area contributed by atoms with Gasteiger partial charge in [0.2, 0.25) is 0 Å². The van der Waals surface area contributed by atoms with E-state index in [0.717, 1.165) is 5.56 Å². The van der Waals surface area contributed by atoms with E-state index in [1.165, 1.54) is 7.11 Å². The molecule has 2 aromatic rings. The van der Waals surface area contributed by atoms with Gasteiger partial charge in [0, 0.05) is 12.5 Å². The Hall–Kier alpha value is -2.10.